The van der Waals surface area contributed by atoms with Gasteiger partial charge in [0.2, 0.25) is 0 Å². The zero-order valence-electron chi connectivity index (χ0n) is 16.3. The number of ether oxygens (including phenoxy) is 1. The molecule has 148 valence electrons. The van der Waals surface area contributed by atoms with Gasteiger partial charge in [0.15, 0.2) is 5.96 Å². The predicted octanol–water partition coefficient (Wildman–Crippen LogP) is 3.31. The summed E-state index contributed by atoms with van der Waals surface area (Å²) in [6.07, 6.45) is 7.92. The van der Waals surface area contributed by atoms with Crippen molar-refractivity contribution >= 4 is 29.9 Å². The predicted molar refractivity (Wildman–Crippen MR) is 115 cm³/mol. The van der Waals surface area contributed by atoms with Crippen LogP contribution in [0, 0.1) is 11.3 Å². The number of guanidine groups is 1. The van der Waals surface area contributed by atoms with Gasteiger partial charge >= 0.3 is 0 Å². The standard InChI is InChI=1S/C19H37N3O2.HI/c1-4-20-17(22-15-19(23)9-11-24-12-10-19)21-14-18(13-16(2)3)7-5-6-8-18;/h16,23H,4-15H2,1-3H3,(H2,20,21,22);1H. The summed E-state index contributed by atoms with van der Waals surface area (Å²) in [7, 11) is 0. The lowest BCUT2D eigenvalue weighted by atomic mass is 9.78. The lowest BCUT2D eigenvalue weighted by molar-refractivity contribution is -0.0594. The Labute approximate surface area is 170 Å². The highest BCUT2D eigenvalue weighted by Gasteiger charge is 2.34. The van der Waals surface area contributed by atoms with E-state index in [0.717, 1.165) is 25.0 Å². The first-order chi connectivity index (χ1) is 11.5. The topological polar surface area (TPSA) is 65.9 Å². The number of nitrogens with zero attached hydrogens (tertiary/aromatic N) is 1. The van der Waals surface area contributed by atoms with E-state index in [1.165, 1.54) is 32.1 Å². The van der Waals surface area contributed by atoms with Gasteiger partial charge in [-0.3, -0.25) is 4.99 Å². The number of nitrogens with one attached hydrogen (secondary N) is 2. The molecule has 0 radical (unpaired) electrons. The lowest BCUT2D eigenvalue weighted by Crippen LogP contribution is -2.49. The van der Waals surface area contributed by atoms with Gasteiger partial charge in [0, 0.05) is 45.7 Å². The summed E-state index contributed by atoms with van der Waals surface area (Å²) in [6, 6.07) is 0. The van der Waals surface area contributed by atoms with E-state index in [1.54, 1.807) is 0 Å². The highest BCUT2D eigenvalue weighted by atomic mass is 127. The minimum absolute atomic E-state index is 0. The van der Waals surface area contributed by atoms with Crippen LogP contribution >= 0.6 is 24.0 Å². The molecular formula is C19H38IN3O2. The molecule has 0 atom stereocenters. The van der Waals surface area contributed by atoms with Crippen molar-refractivity contribution in [2.75, 3.05) is 32.8 Å². The lowest BCUT2D eigenvalue weighted by Gasteiger charge is -2.33. The molecule has 0 spiro atoms. The summed E-state index contributed by atoms with van der Waals surface area (Å²) in [6.45, 7) is 10.3. The number of halogens is 1. The smallest absolute Gasteiger partial charge is 0.191 e. The van der Waals surface area contributed by atoms with Crippen LogP contribution in [0.5, 0.6) is 0 Å². The third-order valence-electron chi connectivity index (χ3n) is 5.43. The molecule has 6 heteroatoms. The number of aliphatic hydroxyl groups is 1. The molecule has 0 bridgehead atoms. The van der Waals surface area contributed by atoms with E-state index in [2.05, 4.69) is 31.4 Å². The molecule has 2 rings (SSSR count). The fourth-order valence-electron chi connectivity index (χ4n) is 4.18. The minimum Gasteiger partial charge on any atom is -0.388 e. The number of hydrogen-bond acceptors (Lipinski definition) is 3. The van der Waals surface area contributed by atoms with Crippen LogP contribution in [-0.4, -0.2) is 49.5 Å². The van der Waals surface area contributed by atoms with Gasteiger partial charge in [0.1, 0.15) is 0 Å². The Morgan fingerprint density at radius 1 is 1.12 bits per heavy atom. The first-order valence-electron chi connectivity index (χ1n) is 9.79. The Kier molecular flexibility index (Phi) is 10.0. The Hall–Kier alpha value is -0.0800. The zero-order chi connectivity index (χ0) is 17.5. The van der Waals surface area contributed by atoms with E-state index in [-0.39, 0.29) is 24.0 Å². The maximum atomic E-state index is 10.6. The molecule has 2 fully saturated rings. The van der Waals surface area contributed by atoms with E-state index in [4.69, 9.17) is 9.73 Å². The van der Waals surface area contributed by atoms with Crippen LogP contribution in [0.25, 0.3) is 0 Å². The minimum atomic E-state index is -0.669. The van der Waals surface area contributed by atoms with E-state index in [0.29, 0.717) is 38.0 Å². The molecule has 2 aliphatic rings. The van der Waals surface area contributed by atoms with Gasteiger partial charge < -0.3 is 20.5 Å². The molecule has 0 amide bonds. The molecule has 5 nitrogen and oxygen atoms in total. The van der Waals surface area contributed by atoms with E-state index in [1.807, 2.05) is 0 Å². The second-order valence-electron chi connectivity index (χ2n) is 8.19. The van der Waals surface area contributed by atoms with Crippen LogP contribution < -0.4 is 10.6 Å². The van der Waals surface area contributed by atoms with Gasteiger partial charge in [0.25, 0.3) is 0 Å². The van der Waals surface area contributed by atoms with Crippen LogP contribution in [0.15, 0.2) is 4.99 Å². The zero-order valence-corrected chi connectivity index (χ0v) is 18.6. The molecule has 0 aromatic heterocycles. The van der Waals surface area contributed by atoms with Crippen LogP contribution in [0.1, 0.15) is 65.7 Å². The maximum Gasteiger partial charge on any atom is 0.191 e. The van der Waals surface area contributed by atoms with Gasteiger partial charge in [-0.2, -0.15) is 0 Å². The maximum absolute atomic E-state index is 10.6. The fourth-order valence-corrected chi connectivity index (χ4v) is 4.18. The molecule has 1 saturated heterocycles. The van der Waals surface area contributed by atoms with E-state index < -0.39 is 5.60 Å². The average molecular weight is 467 g/mol. The van der Waals surface area contributed by atoms with Crippen molar-refractivity contribution in [3.8, 4) is 0 Å². The van der Waals surface area contributed by atoms with Crippen molar-refractivity contribution in [2.45, 2.75) is 71.3 Å². The Morgan fingerprint density at radius 2 is 1.76 bits per heavy atom. The molecule has 1 saturated carbocycles. The summed E-state index contributed by atoms with van der Waals surface area (Å²) >= 11 is 0. The van der Waals surface area contributed by atoms with E-state index >= 15 is 0 Å². The molecule has 3 N–H and O–H groups in total. The average Bonchev–Trinajstić information content (AvgIpc) is 2.99. The van der Waals surface area contributed by atoms with Crippen molar-refractivity contribution in [3.63, 3.8) is 0 Å². The van der Waals surface area contributed by atoms with Crippen molar-refractivity contribution in [2.24, 2.45) is 16.3 Å². The van der Waals surface area contributed by atoms with Gasteiger partial charge in [-0.1, -0.05) is 26.7 Å². The highest BCUT2D eigenvalue weighted by Crippen LogP contribution is 2.43. The van der Waals surface area contributed by atoms with Crippen LogP contribution in [0.4, 0.5) is 0 Å². The van der Waals surface area contributed by atoms with Crippen molar-refractivity contribution in [3.05, 3.63) is 0 Å². The van der Waals surface area contributed by atoms with Crippen molar-refractivity contribution < 1.29 is 9.84 Å². The van der Waals surface area contributed by atoms with Crippen LogP contribution in [0.2, 0.25) is 0 Å². The SMILES string of the molecule is CCNC(=NCC1(CC(C)C)CCCC1)NCC1(O)CCOCC1.I. The fraction of sp³-hybridized carbons (Fsp3) is 0.947. The van der Waals surface area contributed by atoms with Gasteiger partial charge in [-0.15, -0.1) is 24.0 Å². The van der Waals surface area contributed by atoms with Gasteiger partial charge in [0.05, 0.1) is 5.60 Å². The monoisotopic (exact) mass is 467 g/mol. The summed E-state index contributed by atoms with van der Waals surface area (Å²) in [5.74, 6) is 1.56. The Balaban J connectivity index is 0.00000312. The largest absolute Gasteiger partial charge is 0.388 e. The molecule has 0 aromatic carbocycles. The highest BCUT2D eigenvalue weighted by molar-refractivity contribution is 14.0. The third kappa shape index (κ3) is 7.59. The van der Waals surface area contributed by atoms with Gasteiger partial charge in [-0.05, 0) is 37.5 Å². The van der Waals surface area contributed by atoms with E-state index in [9.17, 15) is 5.11 Å². The number of aliphatic imine (C=N–C) groups is 1. The molecule has 0 aromatic rings. The molecule has 25 heavy (non-hydrogen) atoms. The summed E-state index contributed by atoms with van der Waals surface area (Å²) in [5, 5.41) is 17.3. The molecule has 1 aliphatic heterocycles. The number of hydrogen-bond donors (Lipinski definition) is 3. The Bertz CT molecular complexity index is 403. The second kappa shape index (κ2) is 10.9. The van der Waals surface area contributed by atoms with Crippen molar-refractivity contribution in [1.82, 2.24) is 10.6 Å². The third-order valence-corrected chi connectivity index (χ3v) is 5.43. The van der Waals surface area contributed by atoms with Crippen molar-refractivity contribution in [1.29, 1.82) is 0 Å². The first-order valence-corrected chi connectivity index (χ1v) is 9.79. The molecule has 0 unspecified atom stereocenters. The second-order valence-corrected chi connectivity index (χ2v) is 8.19. The Morgan fingerprint density at radius 3 is 2.32 bits per heavy atom. The summed E-state index contributed by atoms with van der Waals surface area (Å²) in [4.78, 5) is 4.89. The quantitative estimate of drug-likeness (QED) is 0.306. The molecule has 1 aliphatic carbocycles. The first kappa shape index (κ1) is 23.0. The van der Waals surface area contributed by atoms with Gasteiger partial charge in [-0.25, -0.2) is 0 Å². The summed E-state index contributed by atoms with van der Waals surface area (Å²) in [5.41, 5.74) is -0.288. The molecular weight excluding hydrogens is 429 g/mol. The number of rotatable bonds is 7. The van der Waals surface area contributed by atoms with Crippen LogP contribution in [0.3, 0.4) is 0 Å². The molecule has 1 heterocycles. The summed E-state index contributed by atoms with van der Waals surface area (Å²) < 4.78 is 5.35. The normalized spacial score (nSPS) is 22.5. The van der Waals surface area contributed by atoms with Crippen LogP contribution in [-0.2, 0) is 4.74 Å².